The molecule has 0 unspecified atom stereocenters. The predicted molar refractivity (Wildman–Crippen MR) is 70.5 cm³/mol. The molecule has 0 amide bonds. The normalized spacial score (nSPS) is 10.3. The van der Waals surface area contributed by atoms with Crippen LogP contribution in [0.5, 0.6) is 5.75 Å². The number of nitrogens with zero attached hydrogens (tertiary/aromatic N) is 1. The van der Waals surface area contributed by atoms with E-state index in [1.54, 1.807) is 0 Å². The summed E-state index contributed by atoms with van der Waals surface area (Å²) in [6.45, 7) is 1.29. The number of ketones is 1. The van der Waals surface area contributed by atoms with Crippen molar-refractivity contribution >= 4 is 23.1 Å². The number of methoxy groups -OCH3 is 1. The number of halogens is 1. The highest BCUT2D eigenvalue weighted by Gasteiger charge is 2.23. The fourth-order valence-electron chi connectivity index (χ4n) is 1.59. The maximum absolute atomic E-state index is 13.8. The van der Waals surface area contributed by atoms with Gasteiger partial charge in [0.2, 0.25) is 0 Å². The van der Waals surface area contributed by atoms with E-state index in [2.05, 4.69) is 9.72 Å². The molecule has 1 aromatic carbocycles. The number of benzene rings is 1. The van der Waals surface area contributed by atoms with Crippen molar-refractivity contribution < 1.29 is 23.8 Å². The van der Waals surface area contributed by atoms with Crippen LogP contribution in [0.15, 0.2) is 18.2 Å². The first-order valence-electron chi connectivity index (χ1n) is 5.53. The maximum atomic E-state index is 13.8. The molecule has 0 aliphatic rings. The topological polar surface area (TPSA) is 76.5 Å². The van der Waals surface area contributed by atoms with Gasteiger partial charge < -0.3 is 9.84 Å². The number of thiazole rings is 1. The quantitative estimate of drug-likeness (QED) is 0.696. The van der Waals surface area contributed by atoms with E-state index in [4.69, 9.17) is 0 Å². The number of phenolic OH excluding ortho intramolecular Hbond substituents is 1. The number of hydrogen-bond donors (Lipinski definition) is 1. The van der Waals surface area contributed by atoms with Crippen LogP contribution in [0.2, 0.25) is 0 Å². The first-order chi connectivity index (χ1) is 9.43. The largest absolute Gasteiger partial charge is 0.508 e. The van der Waals surface area contributed by atoms with Gasteiger partial charge in [-0.25, -0.2) is 14.2 Å². The number of phenols is 1. The smallest absolute Gasteiger partial charge is 0.358 e. The molecule has 7 heteroatoms. The van der Waals surface area contributed by atoms with E-state index >= 15 is 0 Å². The van der Waals surface area contributed by atoms with Gasteiger partial charge in [0.15, 0.2) is 11.5 Å². The second kappa shape index (κ2) is 5.38. The number of rotatable bonds is 3. The Balaban J connectivity index is 2.58. The van der Waals surface area contributed by atoms with Crippen LogP contribution < -0.4 is 0 Å². The van der Waals surface area contributed by atoms with Crippen LogP contribution >= 0.6 is 11.3 Å². The summed E-state index contributed by atoms with van der Waals surface area (Å²) in [5.74, 6) is -2.02. The number of aromatic nitrogens is 1. The number of carbonyl (C=O) groups is 2. The van der Waals surface area contributed by atoms with Crippen LogP contribution in [-0.2, 0) is 4.74 Å². The van der Waals surface area contributed by atoms with Crippen molar-refractivity contribution in [3.05, 3.63) is 34.6 Å². The van der Waals surface area contributed by atoms with E-state index in [1.165, 1.54) is 26.2 Å². The van der Waals surface area contributed by atoms with Crippen molar-refractivity contribution in [1.82, 2.24) is 4.98 Å². The lowest BCUT2D eigenvalue weighted by Crippen LogP contribution is -2.06. The molecule has 0 bridgehead atoms. The zero-order valence-corrected chi connectivity index (χ0v) is 11.5. The summed E-state index contributed by atoms with van der Waals surface area (Å²) in [6.07, 6.45) is 0. The molecule has 0 saturated heterocycles. The molecule has 20 heavy (non-hydrogen) atoms. The third-order valence-corrected chi connectivity index (χ3v) is 3.70. The fraction of sp³-hybridized carbons (Fsp3) is 0.154. The molecule has 104 valence electrons. The second-order valence-corrected chi connectivity index (χ2v) is 4.91. The minimum Gasteiger partial charge on any atom is -0.508 e. The maximum Gasteiger partial charge on any atom is 0.358 e. The van der Waals surface area contributed by atoms with E-state index in [-0.39, 0.29) is 32.7 Å². The average Bonchev–Trinajstić information content (AvgIpc) is 2.82. The Hall–Kier alpha value is -2.28. The van der Waals surface area contributed by atoms with Gasteiger partial charge in [0.25, 0.3) is 0 Å². The van der Waals surface area contributed by atoms with Gasteiger partial charge in [0, 0.05) is 18.6 Å². The standard InChI is InChI=1S/C13H10FNO4S/c1-6(16)11-10(13(18)19-2)15-12(20-11)8-4-3-7(17)5-9(8)14/h3-5,17H,1-2H3. The monoisotopic (exact) mass is 295 g/mol. The van der Waals surface area contributed by atoms with Gasteiger partial charge in [0.05, 0.1) is 7.11 Å². The van der Waals surface area contributed by atoms with Crippen molar-refractivity contribution in [2.45, 2.75) is 6.92 Å². The van der Waals surface area contributed by atoms with Crippen LogP contribution in [0, 0.1) is 5.82 Å². The molecule has 1 aromatic heterocycles. The zero-order chi connectivity index (χ0) is 14.9. The lowest BCUT2D eigenvalue weighted by atomic mass is 10.2. The summed E-state index contributed by atoms with van der Waals surface area (Å²) in [4.78, 5) is 27.1. The summed E-state index contributed by atoms with van der Waals surface area (Å²) in [5.41, 5.74) is -0.0297. The molecule has 0 aliphatic carbocycles. The number of Topliss-reactive ketones (excluding diaryl/α,β-unsaturated/α-hetero) is 1. The number of ether oxygens (including phenoxy) is 1. The van der Waals surface area contributed by atoms with E-state index < -0.39 is 11.8 Å². The number of carbonyl (C=O) groups excluding carboxylic acids is 2. The highest BCUT2D eigenvalue weighted by atomic mass is 32.1. The highest BCUT2D eigenvalue weighted by molar-refractivity contribution is 7.17. The average molecular weight is 295 g/mol. The van der Waals surface area contributed by atoms with Gasteiger partial charge in [-0.05, 0) is 12.1 Å². The minimum atomic E-state index is -0.753. The number of hydrogen-bond acceptors (Lipinski definition) is 6. The van der Waals surface area contributed by atoms with Gasteiger partial charge >= 0.3 is 5.97 Å². The lowest BCUT2D eigenvalue weighted by Gasteiger charge is -1.99. The predicted octanol–water partition coefficient (Wildman–Crippen LogP) is 2.64. The van der Waals surface area contributed by atoms with Gasteiger partial charge in [-0.2, -0.15) is 0 Å². The Kier molecular flexibility index (Phi) is 3.80. The van der Waals surface area contributed by atoms with E-state index in [0.717, 1.165) is 17.4 Å². The molecule has 2 rings (SSSR count). The summed E-state index contributed by atoms with van der Waals surface area (Å²) < 4.78 is 18.3. The highest BCUT2D eigenvalue weighted by Crippen LogP contribution is 2.32. The Morgan fingerprint density at radius 3 is 2.65 bits per heavy atom. The molecule has 2 aromatic rings. The zero-order valence-electron chi connectivity index (χ0n) is 10.6. The summed E-state index contributed by atoms with van der Waals surface area (Å²) in [7, 11) is 1.17. The van der Waals surface area contributed by atoms with E-state index in [9.17, 15) is 19.1 Å². The molecule has 0 spiro atoms. The summed E-state index contributed by atoms with van der Waals surface area (Å²) >= 11 is 0.901. The molecule has 5 nitrogen and oxygen atoms in total. The molecular formula is C13H10FNO4S. The number of esters is 1. The van der Waals surface area contributed by atoms with Crippen LogP contribution in [0.4, 0.5) is 4.39 Å². The molecular weight excluding hydrogens is 285 g/mol. The van der Waals surface area contributed by atoms with Gasteiger partial charge in [0.1, 0.15) is 21.5 Å². The van der Waals surface area contributed by atoms with Crippen molar-refractivity contribution in [2.24, 2.45) is 0 Å². The van der Waals surface area contributed by atoms with E-state index in [0.29, 0.717) is 0 Å². The van der Waals surface area contributed by atoms with Gasteiger partial charge in [-0.1, -0.05) is 0 Å². The molecule has 0 saturated carbocycles. The van der Waals surface area contributed by atoms with E-state index in [1.807, 2.05) is 0 Å². The molecule has 0 aliphatic heterocycles. The van der Waals surface area contributed by atoms with Crippen molar-refractivity contribution in [3.63, 3.8) is 0 Å². The molecule has 0 radical (unpaired) electrons. The summed E-state index contributed by atoms with van der Waals surface area (Å²) in [6, 6.07) is 3.56. The molecule has 0 atom stereocenters. The first-order valence-corrected chi connectivity index (χ1v) is 6.34. The third kappa shape index (κ3) is 2.53. The Morgan fingerprint density at radius 2 is 2.10 bits per heavy atom. The van der Waals surface area contributed by atoms with Crippen molar-refractivity contribution in [1.29, 1.82) is 0 Å². The van der Waals surface area contributed by atoms with Gasteiger partial charge in [-0.15, -0.1) is 11.3 Å². The minimum absolute atomic E-state index is 0.102. The van der Waals surface area contributed by atoms with Gasteiger partial charge in [-0.3, -0.25) is 4.79 Å². The first kappa shape index (κ1) is 14.1. The second-order valence-electron chi connectivity index (χ2n) is 3.91. The van der Waals surface area contributed by atoms with Crippen LogP contribution in [0.1, 0.15) is 27.1 Å². The number of aromatic hydroxyl groups is 1. The van der Waals surface area contributed by atoms with Crippen molar-refractivity contribution in [2.75, 3.05) is 7.11 Å². The Morgan fingerprint density at radius 1 is 1.40 bits per heavy atom. The van der Waals surface area contributed by atoms with Crippen LogP contribution in [-0.4, -0.2) is 29.0 Å². The summed E-state index contributed by atoms with van der Waals surface area (Å²) in [5, 5.41) is 9.35. The van der Waals surface area contributed by atoms with Crippen LogP contribution in [0.25, 0.3) is 10.6 Å². The molecule has 0 fully saturated rings. The SMILES string of the molecule is COC(=O)c1nc(-c2ccc(O)cc2F)sc1C(C)=O. The Bertz CT molecular complexity index is 696. The van der Waals surface area contributed by atoms with Crippen LogP contribution in [0.3, 0.4) is 0 Å². The Labute approximate surface area is 117 Å². The third-order valence-electron chi connectivity index (χ3n) is 2.51. The molecule has 1 heterocycles. The molecule has 1 N–H and O–H groups in total. The fourth-order valence-corrected chi connectivity index (χ4v) is 2.56. The lowest BCUT2D eigenvalue weighted by molar-refractivity contribution is 0.0591. The van der Waals surface area contributed by atoms with Crippen molar-refractivity contribution in [3.8, 4) is 16.3 Å².